The lowest BCUT2D eigenvalue weighted by Gasteiger charge is -2.10. The Balaban J connectivity index is 1.68. The summed E-state index contributed by atoms with van der Waals surface area (Å²) >= 11 is 15.4. The Morgan fingerprint density at radius 1 is 1.00 bits per heavy atom. The lowest BCUT2D eigenvalue weighted by atomic mass is 10.0. The maximum absolute atomic E-state index is 12.4. The number of hydrogen-bond acceptors (Lipinski definition) is 3. The summed E-state index contributed by atoms with van der Waals surface area (Å²) in [5, 5.41) is 11.3. The van der Waals surface area contributed by atoms with Crippen LogP contribution in [-0.2, 0) is 13.0 Å². The van der Waals surface area contributed by atoms with Crippen molar-refractivity contribution in [3.63, 3.8) is 0 Å². The monoisotopic (exact) mass is 464 g/mol. The molecule has 0 spiro atoms. The third kappa shape index (κ3) is 5.25. The summed E-state index contributed by atoms with van der Waals surface area (Å²) in [4.78, 5) is 12.4. The third-order valence-electron chi connectivity index (χ3n) is 3.95. The van der Waals surface area contributed by atoms with E-state index in [2.05, 4.69) is 15.9 Å². The van der Waals surface area contributed by atoms with Crippen molar-refractivity contribution in [3.05, 3.63) is 91.9 Å². The average Bonchev–Trinajstić information content (AvgIpc) is 2.64. The standard InChI is InChI=1S/C21H15BrCl2O3/c22-15-3-1-13(2-4-15)9-20(25)18-7-6-17(11-21(18)26)27-12-14-10-16(23)5-8-19(14)24/h1-8,10-11,26H,9,12H2. The zero-order valence-corrected chi connectivity index (χ0v) is 17.2. The van der Waals surface area contributed by atoms with Crippen molar-refractivity contribution in [2.45, 2.75) is 13.0 Å². The van der Waals surface area contributed by atoms with E-state index in [4.69, 9.17) is 27.9 Å². The minimum atomic E-state index is -0.167. The number of carbonyl (C=O) groups is 1. The van der Waals surface area contributed by atoms with Gasteiger partial charge in [0.25, 0.3) is 0 Å². The number of carbonyl (C=O) groups excluding carboxylic acids is 1. The van der Waals surface area contributed by atoms with Crippen molar-refractivity contribution in [1.29, 1.82) is 0 Å². The van der Waals surface area contributed by atoms with Crippen molar-refractivity contribution in [2.75, 3.05) is 0 Å². The summed E-state index contributed by atoms with van der Waals surface area (Å²) in [5.74, 6) is 0.148. The molecule has 0 saturated heterocycles. The van der Waals surface area contributed by atoms with E-state index >= 15 is 0 Å². The second-order valence-corrected chi connectivity index (χ2v) is 7.69. The number of phenolic OH excluding ortho intramolecular Hbond substituents is 1. The molecular formula is C21H15BrCl2O3. The molecule has 3 aromatic rings. The lowest BCUT2D eigenvalue weighted by Crippen LogP contribution is -2.04. The molecule has 0 heterocycles. The molecule has 0 fully saturated rings. The van der Waals surface area contributed by atoms with Crippen molar-refractivity contribution < 1.29 is 14.6 Å². The van der Waals surface area contributed by atoms with Gasteiger partial charge in [0.2, 0.25) is 0 Å². The second kappa shape index (κ2) is 8.79. The van der Waals surface area contributed by atoms with Crippen LogP contribution in [-0.4, -0.2) is 10.9 Å². The molecule has 0 radical (unpaired) electrons. The maximum Gasteiger partial charge on any atom is 0.170 e. The highest BCUT2D eigenvalue weighted by molar-refractivity contribution is 9.10. The van der Waals surface area contributed by atoms with Gasteiger partial charge >= 0.3 is 0 Å². The topological polar surface area (TPSA) is 46.5 Å². The molecule has 138 valence electrons. The van der Waals surface area contributed by atoms with Gasteiger partial charge in [-0.05, 0) is 48.0 Å². The molecular weight excluding hydrogens is 451 g/mol. The van der Waals surface area contributed by atoms with Gasteiger partial charge in [-0.25, -0.2) is 0 Å². The first-order chi connectivity index (χ1) is 12.9. The van der Waals surface area contributed by atoms with Crippen molar-refractivity contribution in [3.8, 4) is 11.5 Å². The van der Waals surface area contributed by atoms with Crippen LogP contribution in [0.5, 0.6) is 11.5 Å². The third-order valence-corrected chi connectivity index (χ3v) is 5.08. The number of ketones is 1. The Morgan fingerprint density at radius 2 is 1.74 bits per heavy atom. The van der Waals surface area contributed by atoms with E-state index in [1.54, 1.807) is 30.3 Å². The molecule has 0 aromatic heterocycles. The van der Waals surface area contributed by atoms with Crippen LogP contribution in [0.1, 0.15) is 21.5 Å². The molecule has 3 aromatic carbocycles. The Morgan fingerprint density at radius 3 is 2.44 bits per heavy atom. The smallest absolute Gasteiger partial charge is 0.170 e. The van der Waals surface area contributed by atoms with Crippen LogP contribution >= 0.6 is 39.1 Å². The summed E-state index contributed by atoms with van der Waals surface area (Å²) < 4.78 is 6.60. The molecule has 0 atom stereocenters. The highest BCUT2D eigenvalue weighted by Crippen LogP contribution is 2.27. The van der Waals surface area contributed by atoms with Crippen LogP contribution < -0.4 is 4.74 Å². The molecule has 6 heteroatoms. The van der Waals surface area contributed by atoms with Gasteiger partial charge in [-0.2, -0.15) is 0 Å². The van der Waals surface area contributed by atoms with E-state index in [-0.39, 0.29) is 30.1 Å². The summed E-state index contributed by atoms with van der Waals surface area (Å²) in [6.07, 6.45) is 0.208. The molecule has 0 aliphatic heterocycles. The number of rotatable bonds is 6. The maximum atomic E-state index is 12.4. The molecule has 0 aliphatic carbocycles. The van der Waals surface area contributed by atoms with Gasteiger partial charge in [-0.3, -0.25) is 4.79 Å². The molecule has 27 heavy (non-hydrogen) atoms. The molecule has 0 bridgehead atoms. The number of benzene rings is 3. The number of ether oxygens (including phenoxy) is 1. The summed E-state index contributed by atoms with van der Waals surface area (Å²) in [7, 11) is 0. The number of halogens is 3. The van der Waals surface area contributed by atoms with Crippen LogP contribution in [0.2, 0.25) is 10.0 Å². The summed E-state index contributed by atoms with van der Waals surface area (Å²) in [6, 6.07) is 17.2. The van der Waals surface area contributed by atoms with Gasteiger partial charge in [-0.15, -0.1) is 0 Å². The fourth-order valence-electron chi connectivity index (χ4n) is 2.53. The van der Waals surface area contributed by atoms with Crippen LogP contribution in [0.4, 0.5) is 0 Å². The Labute approximate surface area is 175 Å². The highest BCUT2D eigenvalue weighted by atomic mass is 79.9. The van der Waals surface area contributed by atoms with Crippen molar-refractivity contribution >= 4 is 44.9 Å². The number of hydrogen-bond donors (Lipinski definition) is 1. The lowest BCUT2D eigenvalue weighted by molar-refractivity contribution is 0.0990. The fraction of sp³-hybridized carbons (Fsp3) is 0.0952. The predicted molar refractivity (Wildman–Crippen MR) is 111 cm³/mol. The van der Waals surface area contributed by atoms with Gasteiger partial charge < -0.3 is 9.84 Å². The zero-order valence-electron chi connectivity index (χ0n) is 14.1. The van der Waals surface area contributed by atoms with E-state index in [9.17, 15) is 9.90 Å². The van der Waals surface area contributed by atoms with E-state index in [0.29, 0.717) is 15.8 Å². The highest BCUT2D eigenvalue weighted by Gasteiger charge is 2.13. The molecule has 3 nitrogen and oxygen atoms in total. The summed E-state index contributed by atoms with van der Waals surface area (Å²) in [6.45, 7) is 0.199. The number of Topliss-reactive ketones (excluding diaryl/α,β-unsaturated/α-hetero) is 1. The van der Waals surface area contributed by atoms with Gasteiger partial charge in [0.05, 0.1) is 5.56 Å². The SMILES string of the molecule is O=C(Cc1ccc(Br)cc1)c1ccc(OCc2cc(Cl)ccc2Cl)cc1O. The first kappa shape index (κ1) is 19.7. The normalized spacial score (nSPS) is 10.6. The Kier molecular flexibility index (Phi) is 6.42. The van der Waals surface area contributed by atoms with Crippen molar-refractivity contribution in [2.24, 2.45) is 0 Å². The Bertz CT molecular complexity index is 972. The van der Waals surface area contributed by atoms with Crippen LogP contribution in [0.15, 0.2) is 65.1 Å². The van der Waals surface area contributed by atoms with Crippen LogP contribution in [0.25, 0.3) is 0 Å². The first-order valence-electron chi connectivity index (χ1n) is 8.10. The fourth-order valence-corrected chi connectivity index (χ4v) is 3.17. The molecule has 3 rings (SSSR count). The van der Waals surface area contributed by atoms with E-state index in [0.717, 1.165) is 15.6 Å². The zero-order chi connectivity index (χ0) is 19.4. The van der Waals surface area contributed by atoms with Crippen molar-refractivity contribution in [1.82, 2.24) is 0 Å². The minimum absolute atomic E-state index is 0.119. The molecule has 0 aliphatic rings. The predicted octanol–water partition coefficient (Wildman–Crippen LogP) is 6.47. The van der Waals surface area contributed by atoms with E-state index in [1.807, 2.05) is 24.3 Å². The molecule has 1 N–H and O–H groups in total. The number of phenols is 1. The van der Waals surface area contributed by atoms with Gasteiger partial charge in [0.15, 0.2) is 5.78 Å². The number of aromatic hydroxyl groups is 1. The van der Waals surface area contributed by atoms with Gasteiger partial charge in [0.1, 0.15) is 18.1 Å². The quantitative estimate of drug-likeness (QED) is 0.424. The van der Waals surface area contributed by atoms with E-state index in [1.165, 1.54) is 6.07 Å². The average molecular weight is 466 g/mol. The van der Waals surface area contributed by atoms with Crippen LogP contribution in [0, 0.1) is 0 Å². The first-order valence-corrected chi connectivity index (χ1v) is 9.64. The molecule has 0 unspecified atom stereocenters. The molecule has 0 saturated carbocycles. The minimum Gasteiger partial charge on any atom is -0.507 e. The largest absolute Gasteiger partial charge is 0.507 e. The van der Waals surface area contributed by atoms with Gasteiger partial charge in [0, 0.05) is 32.6 Å². The van der Waals surface area contributed by atoms with E-state index < -0.39 is 0 Å². The summed E-state index contributed by atoms with van der Waals surface area (Å²) in [5.41, 5.74) is 1.86. The second-order valence-electron chi connectivity index (χ2n) is 5.93. The van der Waals surface area contributed by atoms with Crippen LogP contribution in [0.3, 0.4) is 0 Å². The molecule has 0 amide bonds. The van der Waals surface area contributed by atoms with Gasteiger partial charge in [-0.1, -0.05) is 51.3 Å². The Hall–Kier alpha value is -2.01.